The van der Waals surface area contributed by atoms with Crippen molar-refractivity contribution in [1.29, 1.82) is 0 Å². The van der Waals surface area contributed by atoms with Crippen molar-refractivity contribution in [1.82, 2.24) is 4.31 Å². The minimum atomic E-state index is -4.08. The molecule has 0 fully saturated rings. The molecular weight excluding hydrogens is 402 g/mol. The van der Waals surface area contributed by atoms with Gasteiger partial charge < -0.3 is 5.11 Å². The molecule has 6 nitrogen and oxygen atoms in total. The number of carboxylic acids is 1. The van der Waals surface area contributed by atoms with E-state index in [1.807, 2.05) is 30.3 Å². The number of benzene rings is 3. The largest absolute Gasteiger partial charge is 0.475 e. The predicted molar refractivity (Wildman–Crippen MR) is 111 cm³/mol. The molecule has 0 aromatic heterocycles. The third-order valence-corrected chi connectivity index (χ3v) is 7.16. The van der Waals surface area contributed by atoms with Crippen molar-refractivity contribution in [2.24, 2.45) is 0 Å². The molecule has 1 aliphatic rings. The normalized spacial score (nSPS) is 16.6. The topological polar surface area (TPSA) is 91.8 Å². The third kappa shape index (κ3) is 3.65. The Morgan fingerprint density at radius 2 is 1.37 bits per heavy atom. The maximum atomic E-state index is 13.4. The van der Waals surface area contributed by atoms with Crippen molar-refractivity contribution < 1.29 is 23.1 Å². The second kappa shape index (κ2) is 7.85. The predicted octanol–water partition coefficient (Wildman–Crippen LogP) is 3.12. The summed E-state index contributed by atoms with van der Waals surface area (Å²) >= 11 is 0. The van der Waals surface area contributed by atoms with Crippen molar-refractivity contribution in [2.45, 2.75) is 23.9 Å². The minimum Gasteiger partial charge on any atom is -0.475 e. The van der Waals surface area contributed by atoms with Crippen molar-refractivity contribution in [3.8, 4) is 11.1 Å². The number of carbonyl (C=O) groups excluding carboxylic acids is 1. The van der Waals surface area contributed by atoms with Crippen LogP contribution in [0.4, 0.5) is 0 Å². The van der Waals surface area contributed by atoms with Crippen LogP contribution in [0.15, 0.2) is 83.8 Å². The molecule has 1 atom stereocenters. The lowest BCUT2D eigenvalue weighted by Gasteiger charge is -2.34. The zero-order valence-electron chi connectivity index (χ0n) is 15.9. The molecule has 7 heteroatoms. The lowest BCUT2D eigenvalue weighted by Crippen LogP contribution is -2.50. The van der Waals surface area contributed by atoms with Gasteiger partial charge in [-0.25, -0.2) is 13.2 Å². The summed E-state index contributed by atoms with van der Waals surface area (Å²) in [7, 11) is -4.08. The van der Waals surface area contributed by atoms with Crippen LogP contribution in [-0.4, -0.2) is 35.6 Å². The number of carbonyl (C=O) groups is 2. The molecule has 0 radical (unpaired) electrons. The van der Waals surface area contributed by atoms with Crippen LogP contribution >= 0.6 is 0 Å². The second-order valence-corrected chi connectivity index (χ2v) is 8.99. The van der Waals surface area contributed by atoms with Gasteiger partial charge in [0.2, 0.25) is 10.0 Å². The molecule has 0 spiro atoms. The molecule has 152 valence electrons. The maximum absolute atomic E-state index is 13.4. The molecule has 1 heterocycles. The SMILES string of the molecule is O=C(O)C(=O)[C@H]1Cc2ccccc2CN1S(=O)(=O)c1ccc(-c2ccccc2)cc1. The molecule has 0 bridgehead atoms. The van der Waals surface area contributed by atoms with Crippen LogP contribution < -0.4 is 0 Å². The number of hydrogen-bond donors (Lipinski definition) is 1. The second-order valence-electron chi connectivity index (χ2n) is 7.10. The van der Waals surface area contributed by atoms with E-state index in [-0.39, 0.29) is 17.9 Å². The van der Waals surface area contributed by atoms with Gasteiger partial charge in [-0.2, -0.15) is 4.31 Å². The molecule has 1 N–H and O–H groups in total. The molecule has 0 saturated heterocycles. The van der Waals surface area contributed by atoms with Gasteiger partial charge in [0.1, 0.15) is 0 Å². The highest BCUT2D eigenvalue weighted by Crippen LogP contribution is 2.30. The fourth-order valence-corrected chi connectivity index (χ4v) is 5.27. The van der Waals surface area contributed by atoms with E-state index in [1.54, 1.807) is 36.4 Å². The molecule has 0 unspecified atom stereocenters. The molecule has 3 aromatic carbocycles. The summed E-state index contributed by atoms with van der Waals surface area (Å²) in [5.41, 5.74) is 3.35. The van der Waals surface area contributed by atoms with E-state index in [4.69, 9.17) is 0 Å². The Morgan fingerprint density at radius 1 is 0.800 bits per heavy atom. The first kappa shape index (κ1) is 20.0. The van der Waals surface area contributed by atoms with Gasteiger partial charge in [-0.3, -0.25) is 4.79 Å². The summed E-state index contributed by atoms with van der Waals surface area (Å²) in [5, 5.41) is 9.23. The molecule has 0 aliphatic carbocycles. The quantitative estimate of drug-likeness (QED) is 0.639. The Hall–Kier alpha value is -3.29. The Morgan fingerprint density at radius 3 is 2.00 bits per heavy atom. The highest BCUT2D eigenvalue weighted by Gasteiger charge is 2.41. The number of ketones is 1. The zero-order valence-corrected chi connectivity index (χ0v) is 16.7. The van der Waals surface area contributed by atoms with Crippen LogP contribution in [0.3, 0.4) is 0 Å². The van der Waals surface area contributed by atoms with E-state index in [0.29, 0.717) is 0 Å². The van der Waals surface area contributed by atoms with Gasteiger partial charge in [0.25, 0.3) is 5.78 Å². The molecule has 1 aliphatic heterocycles. The van der Waals surface area contributed by atoms with Gasteiger partial charge in [0.05, 0.1) is 10.9 Å². The van der Waals surface area contributed by atoms with Gasteiger partial charge in [-0.15, -0.1) is 0 Å². The van der Waals surface area contributed by atoms with E-state index in [2.05, 4.69) is 0 Å². The summed E-state index contributed by atoms with van der Waals surface area (Å²) in [5.74, 6) is -2.77. The van der Waals surface area contributed by atoms with Gasteiger partial charge in [0, 0.05) is 6.54 Å². The van der Waals surface area contributed by atoms with Crippen LogP contribution in [0.2, 0.25) is 0 Å². The van der Waals surface area contributed by atoms with Crippen molar-refractivity contribution in [3.63, 3.8) is 0 Å². The molecule has 30 heavy (non-hydrogen) atoms. The van der Waals surface area contributed by atoms with E-state index in [9.17, 15) is 23.1 Å². The summed E-state index contributed by atoms with van der Waals surface area (Å²) in [4.78, 5) is 23.7. The summed E-state index contributed by atoms with van der Waals surface area (Å²) < 4.78 is 27.7. The first-order chi connectivity index (χ1) is 14.4. The fourth-order valence-electron chi connectivity index (χ4n) is 3.70. The molecule has 0 amide bonds. The van der Waals surface area contributed by atoms with Crippen LogP contribution in [0.5, 0.6) is 0 Å². The van der Waals surface area contributed by atoms with Crippen molar-refractivity contribution >= 4 is 21.8 Å². The standard InChI is InChI=1S/C23H19NO5S/c25-22(23(26)27)21-14-18-8-4-5-9-19(18)15-24(21)30(28,29)20-12-10-17(11-13-20)16-6-2-1-3-7-16/h1-13,21H,14-15H2,(H,26,27)/t21-/m1/s1. The van der Waals surface area contributed by atoms with E-state index < -0.39 is 27.8 Å². The average molecular weight is 421 g/mol. The van der Waals surface area contributed by atoms with E-state index in [0.717, 1.165) is 26.6 Å². The number of hydrogen-bond acceptors (Lipinski definition) is 4. The number of aliphatic carboxylic acids is 1. The Balaban J connectivity index is 1.72. The smallest absolute Gasteiger partial charge is 0.373 e. The van der Waals surface area contributed by atoms with Gasteiger partial charge in [-0.05, 0) is 40.8 Å². The molecule has 3 aromatic rings. The zero-order chi connectivity index (χ0) is 21.3. The maximum Gasteiger partial charge on any atom is 0.373 e. The third-order valence-electron chi connectivity index (χ3n) is 5.29. The summed E-state index contributed by atoms with van der Waals surface area (Å²) in [6.45, 7) is -0.0529. The average Bonchev–Trinajstić information content (AvgIpc) is 2.78. The number of fused-ring (bicyclic) bond motifs is 1. The number of rotatable bonds is 5. The Kier molecular flexibility index (Phi) is 5.24. The lowest BCUT2D eigenvalue weighted by atomic mass is 9.94. The highest BCUT2D eigenvalue weighted by molar-refractivity contribution is 7.89. The van der Waals surface area contributed by atoms with Crippen molar-refractivity contribution in [2.75, 3.05) is 0 Å². The first-order valence-electron chi connectivity index (χ1n) is 9.39. The number of nitrogens with zero attached hydrogens (tertiary/aromatic N) is 1. The molecule has 0 saturated carbocycles. The number of sulfonamides is 1. The summed E-state index contributed by atoms with van der Waals surface area (Å²) in [6.07, 6.45) is 0.0304. The summed E-state index contributed by atoms with van der Waals surface area (Å²) in [6, 6.07) is 21.8. The number of carboxylic acid groups (broad SMARTS) is 1. The van der Waals surface area contributed by atoms with Crippen molar-refractivity contribution in [3.05, 3.63) is 90.0 Å². The molecular formula is C23H19NO5S. The highest BCUT2D eigenvalue weighted by atomic mass is 32.2. The van der Waals surface area contributed by atoms with Gasteiger partial charge in [-0.1, -0.05) is 66.7 Å². The monoisotopic (exact) mass is 421 g/mol. The minimum absolute atomic E-state index is 0.0183. The van der Waals surface area contributed by atoms with Crippen LogP contribution in [0.25, 0.3) is 11.1 Å². The Labute approximate surface area is 174 Å². The van der Waals surface area contributed by atoms with Crippen LogP contribution in [0, 0.1) is 0 Å². The van der Waals surface area contributed by atoms with Crippen LogP contribution in [-0.2, 0) is 32.6 Å². The van der Waals surface area contributed by atoms with Crippen LogP contribution in [0.1, 0.15) is 11.1 Å². The lowest BCUT2D eigenvalue weighted by molar-refractivity contribution is -0.151. The van der Waals surface area contributed by atoms with Gasteiger partial charge >= 0.3 is 5.97 Å². The van der Waals surface area contributed by atoms with E-state index >= 15 is 0 Å². The molecule has 4 rings (SSSR count). The fraction of sp³-hybridized carbons (Fsp3) is 0.130. The van der Waals surface area contributed by atoms with E-state index in [1.165, 1.54) is 12.1 Å². The Bertz CT molecular complexity index is 1200. The van der Waals surface area contributed by atoms with Gasteiger partial charge in [0.15, 0.2) is 0 Å². The first-order valence-corrected chi connectivity index (χ1v) is 10.8. The number of Topliss-reactive ketones (excluding diaryl/α,β-unsaturated/α-hetero) is 1.